The molecule has 1 atom stereocenters. The summed E-state index contributed by atoms with van der Waals surface area (Å²) in [6, 6.07) is 1.54. The van der Waals surface area contributed by atoms with E-state index in [1.165, 1.54) is 0 Å². The highest BCUT2D eigenvalue weighted by Gasteiger charge is 2.51. The zero-order valence-corrected chi connectivity index (χ0v) is 14.0. The summed E-state index contributed by atoms with van der Waals surface area (Å²) < 4.78 is 68.4. The SMILES string of the molecule is N=C(N)N1CCC(F)(F)C1C(N)=Nc1ccc(OC(F)(F)F)c(Br)c1. The molecule has 138 valence electrons. The quantitative estimate of drug-likeness (QED) is 0.390. The van der Waals surface area contributed by atoms with E-state index in [0.717, 1.165) is 23.1 Å². The van der Waals surface area contributed by atoms with Crippen LogP contribution in [-0.4, -0.2) is 41.6 Å². The fraction of sp³-hybridized carbons (Fsp3) is 0.385. The molecule has 6 nitrogen and oxygen atoms in total. The van der Waals surface area contributed by atoms with Crippen LogP contribution in [0.1, 0.15) is 6.42 Å². The van der Waals surface area contributed by atoms with Crippen molar-refractivity contribution in [1.82, 2.24) is 4.90 Å². The number of guanidine groups is 1. The summed E-state index contributed by atoms with van der Waals surface area (Å²) in [6.07, 6.45) is -5.42. The van der Waals surface area contributed by atoms with Crippen molar-refractivity contribution >= 4 is 33.4 Å². The molecule has 1 aliphatic heterocycles. The van der Waals surface area contributed by atoms with Gasteiger partial charge in [-0.25, -0.2) is 13.8 Å². The number of ether oxygens (including phenoxy) is 1. The topological polar surface area (TPSA) is 101 Å². The molecule has 0 radical (unpaired) electrons. The van der Waals surface area contributed by atoms with Crippen LogP contribution in [0, 0.1) is 5.41 Å². The van der Waals surface area contributed by atoms with Gasteiger partial charge in [-0.05, 0) is 34.1 Å². The van der Waals surface area contributed by atoms with Gasteiger partial charge < -0.3 is 21.1 Å². The fourth-order valence-corrected chi connectivity index (χ4v) is 2.82. The van der Waals surface area contributed by atoms with Crippen molar-refractivity contribution in [3.63, 3.8) is 0 Å². The van der Waals surface area contributed by atoms with Crippen molar-refractivity contribution < 1.29 is 26.7 Å². The molecule has 12 heteroatoms. The van der Waals surface area contributed by atoms with Gasteiger partial charge in [0.05, 0.1) is 10.2 Å². The molecule has 0 aliphatic carbocycles. The summed E-state index contributed by atoms with van der Waals surface area (Å²) >= 11 is 2.88. The van der Waals surface area contributed by atoms with E-state index in [2.05, 4.69) is 25.7 Å². The number of amidine groups is 1. The average molecular weight is 430 g/mol. The van der Waals surface area contributed by atoms with Crippen LogP contribution in [0.5, 0.6) is 5.75 Å². The lowest BCUT2D eigenvalue weighted by Crippen LogP contribution is -2.52. The smallest absolute Gasteiger partial charge is 0.405 e. The predicted molar refractivity (Wildman–Crippen MR) is 84.1 cm³/mol. The predicted octanol–water partition coefficient (Wildman–Crippen LogP) is 2.94. The molecule has 0 saturated carbocycles. The molecule has 1 saturated heterocycles. The van der Waals surface area contributed by atoms with Crippen LogP contribution in [0.3, 0.4) is 0 Å². The van der Waals surface area contributed by atoms with E-state index in [9.17, 15) is 22.0 Å². The molecule has 0 aromatic heterocycles. The number of benzene rings is 1. The van der Waals surface area contributed by atoms with Crippen LogP contribution in [0.25, 0.3) is 0 Å². The molecule has 1 aliphatic rings. The van der Waals surface area contributed by atoms with E-state index in [1.54, 1.807) is 0 Å². The minimum Gasteiger partial charge on any atom is -0.405 e. The molecule has 5 N–H and O–H groups in total. The van der Waals surface area contributed by atoms with Crippen molar-refractivity contribution in [1.29, 1.82) is 5.41 Å². The number of likely N-dealkylation sites (tertiary alicyclic amines) is 1. The molecular formula is C13H13BrF5N5O. The number of aliphatic imine (C=N–C) groups is 1. The first-order valence-electron chi connectivity index (χ1n) is 6.78. The third-order valence-corrected chi connectivity index (χ3v) is 4.01. The van der Waals surface area contributed by atoms with Gasteiger partial charge in [-0.15, -0.1) is 13.2 Å². The Morgan fingerprint density at radius 1 is 1.36 bits per heavy atom. The number of hydrogen-bond acceptors (Lipinski definition) is 3. The van der Waals surface area contributed by atoms with E-state index in [-0.39, 0.29) is 16.7 Å². The molecule has 0 bridgehead atoms. The van der Waals surface area contributed by atoms with Gasteiger partial charge in [-0.2, -0.15) is 0 Å². The second-order valence-corrected chi connectivity index (χ2v) is 6.05. The third kappa shape index (κ3) is 4.50. The fourth-order valence-electron chi connectivity index (χ4n) is 2.38. The number of alkyl halides is 5. The van der Waals surface area contributed by atoms with Gasteiger partial charge >= 0.3 is 6.36 Å². The van der Waals surface area contributed by atoms with Crippen LogP contribution >= 0.6 is 15.9 Å². The highest BCUT2D eigenvalue weighted by Crippen LogP contribution is 2.36. The minimum atomic E-state index is -4.87. The lowest BCUT2D eigenvalue weighted by molar-refractivity contribution is -0.274. The Kier molecular flexibility index (Phi) is 5.11. The summed E-state index contributed by atoms with van der Waals surface area (Å²) in [5, 5.41) is 7.35. The maximum absolute atomic E-state index is 14.0. The second-order valence-electron chi connectivity index (χ2n) is 5.19. The Labute approximate surface area is 147 Å². The standard InChI is InChI=1S/C13H13BrF5N5O/c14-7-5-6(1-2-8(7)25-13(17,18)19)23-10(20)9-12(15,16)3-4-24(9)11(21)22/h1-2,5,9H,3-4H2,(H2,20,23)(H3,21,22). The number of halogens is 6. The summed E-state index contributed by atoms with van der Waals surface area (Å²) in [5.41, 5.74) is 11.0. The molecular weight excluding hydrogens is 417 g/mol. The Hall–Kier alpha value is -2.11. The number of rotatable bonds is 3. The Morgan fingerprint density at radius 3 is 2.52 bits per heavy atom. The molecule has 1 aromatic carbocycles. The molecule has 1 heterocycles. The van der Waals surface area contributed by atoms with Crippen molar-refractivity contribution in [3.8, 4) is 5.75 Å². The highest BCUT2D eigenvalue weighted by atomic mass is 79.9. The maximum Gasteiger partial charge on any atom is 0.573 e. The molecule has 1 fully saturated rings. The van der Waals surface area contributed by atoms with Crippen LogP contribution in [-0.2, 0) is 0 Å². The number of nitrogens with one attached hydrogen (secondary N) is 1. The summed E-state index contributed by atoms with van der Waals surface area (Å²) in [4.78, 5) is 4.73. The lowest BCUT2D eigenvalue weighted by atomic mass is 10.1. The van der Waals surface area contributed by atoms with Gasteiger partial charge in [0.2, 0.25) is 0 Å². The lowest BCUT2D eigenvalue weighted by Gasteiger charge is -2.27. The number of hydrogen-bond donors (Lipinski definition) is 3. The highest BCUT2D eigenvalue weighted by molar-refractivity contribution is 9.10. The second kappa shape index (κ2) is 6.65. The Morgan fingerprint density at radius 2 is 2.00 bits per heavy atom. The Balaban J connectivity index is 2.30. The maximum atomic E-state index is 14.0. The van der Waals surface area contributed by atoms with Crippen molar-refractivity contribution in [2.75, 3.05) is 6.54 Å². The van der Waals surface area contributed by atoms with E-state index in [4.69, 9.17) is 16.9 Å². The third-order valence-electron chi connectivity index (χ3n) is 3.39. The number of nitrogens with two attached hydrogens (primary N) is 2. The molecule has 0 spiro atoms. The molecule has 1 unspecified atom stereocenters. The first-order chi connectivity index (χ1) is 11.4. The molecule has 2 rings (SSSR count). The monoisotopic (exact) mass is 429 g/mol. The first-order valence-corrected chi connectivity index (χ1v) is 7.58. The van der Waals surface area contributed by atoms with Crippen LogP contribution in [0.4, 0.5) is 27.6 Å². The van der Waals surface area contributed by atoms with Crippen LogP contribution in [0.2, 0.25) is 0 Å². The van der Waals surface area contributed by atoms with Crippen molar-refractivity contribution in [2.45, 2.75) is 24.7 Å². The molecule has 25 heavy (non-hydrogen) atoms. The van der Waals surface area contributed by atoms with Crippen molar-refractivity contribution in [2.24, 2.45) is 16.5 Å². The normalized spacial score (nSPS) is 20.6. The Bertz CT molecular complexity index is 709. The van der Waals surface area contributed by atoms with Gasteiger partial charge in [0.25, 0.3) is 5.92 Å². The van der Waals surface area contributed by atoms with E-state index >= 15 is 0 Å². The van der Waals surface area contributed by atoms with Crippen molar-refractivity contribution in [3.05, 3.63) is 22.7 Å². The van der Waals surface area contributed by atoms with Gasteiger partial charge in [0, 0.05) is 13.0 Å². The average Bonchev–Trinajstić information content (AvgIpc) is 2.76. The number of nitrogens with zero attached hydrogens (tertiary/aromatic N) is 2. The van der Waals surface area contributed by atoms with Gasteiger partial charge in [0.15, 0.2) is 12.0 Å². The minimum absolute atomic E-state index is 0.0325. The summed E-state index contributed by atoms with van der Waals surface area (Å²) in [7, 11) is 0. The zero-order chi connectivity index (χ0) is 19.0. The molecule has 0 amide bonds. The van der Waals surface area contributed by atoms with E-state index in [1.807, 2.05) is 0 Å². The van der Waals surface area contributed by atoms with Crippen LogP contribution < -0.4 is 16.2 Å². The van der Waals surface area contributed by atoms with Crippen LogP contribution in [0.15, 0.2) is 27.7 Å². The summed E-state index contributed by atoms with van der Waals surface area (Å²) in [5.74, 6) is -4.83. The zero-order valence-electron chi connectivity index (χ0n) is 12.4. The van der Waals surface area contributed by atoms with E-state index < -0.39 is 42.3 Å². The van der Waals surface area contributed by atoms with Gasteiger partial charge in [-0.3, -0.25) is 5.41 Å². The summed E-state index contributed by atoms with van der Waals surface area (Å²) in [6.45, 7) is -0.161. The molecule has 1 aromatic rings. The van der Waals surface area contributed by atoms with Gasteiger partial charge in [-0.1, -0.05) is 0 Å². The largest absolute Gasteiger partial charge is 0.573 e. The van der Waals surface area contributed by atoms with E-state index in [0.29, 0.717) is 0 Å². The van der Waals surface area contributed by atoms with Gasteiger partial charge in [0.1, 0.15) is 11.6 Å². The first kappa shape index (κ1) is 19.2.